The lowest BCUT2D eigenvalue weighted by Crippen LogP contribution is -2.38. The van der Waals surface area contributed by atoms with Crippen molar-refractivity contribution in [1.29, 1.82) is 0 Å². The third-order valence-corrected chi connectivity index (χ3v) is 4.40. The highest BCUT2D eigenvalue weighted by Gasteiger charge is 2.46. The number of hydrogen-bond donors (Lipinski definition) is 1. The van der Waals surface area contributed by atoms with Crippen molar-refractivity contribution in [2.24, 2.45) is 11.3 Å². The molecule has 0 bridgehead atoms. The van der Waals surface area contributed by atoms with Gasteiger partial charge in [0, 0.05) is 19.1 Å². The zero-order valence-electron chi connectivity index (χ0n) is 11.3. The van der Waals surface area contributed by atoms with E-state index in [2.05, 4.69) is 31.0 Å². The summed E-state index contributed by atoms with van der Waals surface area (Å²) < 4.78 is 0. The first-order valence-corrected chi connectivity index (χ1v) is 7.07. The van der Waals surface area contributed by atoms with E-state index in [4.69, 9.17) is 0 Å². The summed E-state index contributed by atoms with van der Waals surface area (Å²) in [5.74, 6) is 0.966. The molecule has 2 rings (SSSR count). The molecule has 2 atom stereocenters. The molecule has 0 aromatic rings. The zero-order chi connectivity index (χ0) is 11.6. The number of nitrogens with one attached hydrogen (secondary N) is 1. The van der Waals surface area contributed by atoms with Crippen molar-refractivity contribution >= 4 is 0 Å². The van der Waals surface area contributed by atoms with Crippen molar-refractivity contribution in [3.8, 4) is 0 Å². The minimum Gasteiger partial charge on any atom is -0.313 e. The summed E-state index contributed by atoms with van der Waals surface area (Å²) in [4.78, 5) is 2.71. The summed E-state index contributed by atoms with van der Waals surface area (Å²) in [6, 6.07) is 0.745. The van der Waals surface area contributed by atoms with Gasteiger partial charge in [0.2, 0.25) is 0 Å². The molecule has 0 aromatic heterocycles. The third-order valence-electron chi connectivity index (χ3n) is 4.40. The van der Waals surface area contributed by atoms with Gasteiger partial charge in [-0.25, -0.2) is 0 Å². The second-order valence-corrected chi connectivity index (χ2v) is 6.44. The van der Waals surface area contributed by atoms with Gasteiger partial charge < -0.3 is 10.2 Å². The normalized spacial score (nSPS) is 34.7. The Bertz CT molecular complexity index is 225. The fourth-order valence-corrected chi connectivity index (χ4v) is 2.98. The second kappa shape index (κ2) is 5.05. The zero-order valence-corrected chi connectivity index (χ0v) is 11.3. The second-order valence-electron chi connectivity index (χ2n) is 6.44. The first-order chi connectivity index (χ1) is 7.62. The van der Waals surface area contributed by atoms with Crippen molar-refractivity contribution in [3.05, 3.63) is 0 Å². The Balaban J connectivity index is 1.79. The number of nitrogens with zero attached hydrogens (tertiary/aromatic N) is 1. The molecule has 1 saturated carbocycles. The van der Waals surface area contributed by atoms with Gasteiger partial charge in [-0.2, -0.15) is 0 Å². The van der Waals surface area contributed by atoms with E-state index >= 15 is 0 Å². The summed E-state index contributed by atoms with van der Waals surface area (Å²) in [7, 11) is 0. The molecular formula is C14H28N2. The summed E-state index contributed by atoms with van der Waals surface area (Å²) in [6.45, 7) is 12.3. The number of rotatable bonds is 4. The average molecular weight is 224 g/mol. The van der Waals surface area contributed by atoms with Gasteiger partial charge in [-0.15, -0.1) is 0 Å². The van der Waals surface area contributed by atoms with Gasteiger partial charge >= 0.3 is 0 Å². The Hall–Kier alpha value is -0.0800. The van der Waals surface area contributed by atoms with Crippen LogP contribution < -0.4 is 5.32 Å². The van der Waals surface area contributed by atoms with Crippen molar-refractivity contribution in [2.45, 2.75) is 52.5 Å². The summed E-state index contributed by atoms with van der Waals surface area (Å²) in [6.07, 6.45) is 5.41. The van der Waals surface area contributed by atoms with Crippen LogP contribution in [0.2, 0.25) is 0 Å². The molecule has 0 aromatic carbocycles. The quantitative estimate of drug-likeness (QED) is 0.789. The lowest BCUT2D eigenvalue weighted by Gasteiger charge is -2.24. The Morgan fingerprint density at radius 3 is 2.75 bits per heavy atom. The molecule has 0 spiro atoms. The van der Waals surface area contributed by atoms with E-state index in [1.807, 2.05) is 0 Å². The fourth-order valence-electron chi connectivity index (χ4n) is 2.98. The van der Waals surface area contributed by atoms with Crippen LogP contribution in [0.5, 0.6) is 0 Å². The maximum atomic E-state index is 3.69. The van der Waals surface area contributed by atoms with Gasteiger partial charge in [0.1, 0.15) is 0 Å². The maximum Gasteiger partial charge on any atom is 0.0194 e. The Morgan fingerprint density at radius 1 is 1.38 bits per heavy atom. The molecule has 2 fully saturated rings. The van der Waals surface area contributed by atoms with Crippen LogP contribution in [-0.2, 0) is 0 Å². The summed E-state index contributed by atoms with van der Waals surface area (Å²) in [5, 5.41) is 3.69. The largest absolute Gasteiger partial charge is 0.313 e. The van der Waals surface area contributed by atoms with E-state index < -0.39 is 0 Å². The van der Waals surface area contributed by atoms with Gasteiger partial charge in [-0.05, 0) is 43.7 Å². The standard InChI is InChI=1S/C14H28N2/c1-4-6-13-11-16(8-5-7-15-13)10-12-9-14(12,2)3/h12-13,15H,4-11H2,1-3H3. The van der Waals surface area contributed by atoms with E-state index in [0.717, 1.165) is 12.0 Å². The van der Waals surface area contributed by atoms with E-state index in [0.29, 0.717) is 5.41 Å². The predicted molar refractivity (Wildman–Crippen MR) is 69.6 cm³/mol. The first-order valence-electron chi connectivity index (χ1n) is 7.07. The molecule has 2 heteroatoms. The Morgan fingerprint density at radius 2 is 2.12 bits per heavy atom. The number of hydrogen-bond acceptors (Lipinski definition) is 2. The van der Waals surface area contributed by atoms with Crippen molar-refractivity contribution < 1.29 is 0 Å². The van der Waals surface area contributed by atoms with Crippen LogP contribution in [0.1, 0.15) is 46.5 Å². The monoisotopic (exact) mass is 224 g/mol. The summed E-state index contributed by atoms with van der Waals surface area (Å²) in [5.41, 5.74) is 0.639. The minimum absolute atomic E-state index is 0.639. The molecule has 2 unspecified atom stereocenters. The van der Waals surface area contributed by atoms with Gasteiger partial charge in [-0.3, -0.25) is 0 Å². The molecule has 1 heterocycles. The summed E-state index contributed by atoms with van der Waals surface area (Å²) >= 11 is 0. The average Bonchev–Trinajstić information content (AvgIpc) is 2.86. The predicted octanol–water partition coefficient (Wildman–Crippen LogP) is 2.50. The molecule has 1 aliphatic heterocycles. The molecule has 1 aliphatic carbocycles. The third kappa shape index (κ3) is 3.21. The minimum atomic E-state index is 0.639. The van der Waals surface area contributed by atoms with Crippen LogP contribution in [0, 0.1) is 11.3 Å². The van der Waals surface area contributed by atoms with E-state index in [-0.39, 0.29) is 0 Å². The van der Waals surface area contributed by atoms with E-state index in [1.54, 1.807) is 0 Å². The SMILES string of the molecule is CCCC1CN(CC2CC2(C)C)CCCN1. The smallest absolute Gasteiger partial charge is 0.0194 e. The van der Waals surface area contributed by atoms with Crippen molar-refractivity contribution in [2.75, 3.05) is 26.2 Å². The first kappa shape index (κ1) is 12.4. The van der Waals surface area contributed by atoms with E-state index in [1.165, 1.54) is 51.9 Å². The van der Waals surface area contributed by atoms with Gasteiger partial charge in [0.15, 0.2) is 0 Å². The highest BCUT2D eigenvalue weighted by molar-refractivity contribution is 4.97. The van der Waals surface area contributed by atoms with Crippen molar-refractivity contribution in [1.82, 2.24) is 10.2 Å². The van der Waals surface area contributed by atoms with Crippen LogP contribution in [0.15, 0.2) is 0 Å². The fraction of sp³-hybridized carbons (Fsp3) is 1.00. The molecule has 2 nitrogen and oxygen atoms in total. The highest BCUT2D eigenvalue weighted by Crippen LogP contribution is 2.51. The molecule has 2 aliphatic rings. The van der Waals surface area contributed by atoms with Crippen LogP contribution in [0.25, 0.3) is 0 Å². The highest BCUT2D eigenvalue weighted by atomic mass is 15.2. The van der Waals surface area contributed by atoms with Crippen LogP contribution >= 0.6 is 0 Å². The maximum absolute atomic E-state index is 3.69. The van der Waals surface area contributed by atoms with Gasteiger partial charge in [0.05, 0.1) is 0 Å². The van der Waals surface area contributed by atoms with Crippen LogP contribution in [-0.4, -0.2) is 37.1 Å². The molecule has 16 heavy (non-hydrogen) atoms. The van der Waals surface area contributed by atoms with Crippen LogP contribution in [0.3, 0.4) is 0 Å². The molecule has 1 saturated heterocycles. The molecular weight excluding hydrogens is 196 g/mol. The lowest BCUT2D eigenvalue weighted by atomic mass is 10.1. The molecule has 1 N–H and O–H groups in total. The van der Waals surface area contributed by atoms with Crippen LogP contribution in [0.4, 0.5) is 0 Å². The van der Waals surface area contributed by atoms with Gasteiger partial charge in [0.25, 0.3) is 0 Å². The molecule has 94 valence electrons. The Kier molecular flexibility index (Phi) is 3.91. The topological polar surface area (TPSA) is 15.3 Å². The lowest BCUT2D eigenvalue weighted by molar-refractivity contribution is 0.242. The van der Waals surface area contributed by atoms with Crippen molar-refractivity contribution in [3.63, 3.8) is 0 Å². The Labute approximate surface area is 101 Å². The van der Waals surface area contributed by atoms with Gasteiger partial charge in [-0.1, -0.05) is 27.2 Å². The molecule has 0 amide bonds. The van der Waals surface area contributed by atoms with E-state index in [9.17, 15) is 0 Å². The molecule has 0 radical (unpaired) electrons.